The number of hydrogen-bond acceptors (Lipinski definition) is 6. The summed E-state index contributed by atoms with van der Waals surface area (Å²) in [4.78, 5) is 8.47. The van der Waals surface area contributed by atoms with Crippen LogP contribution < -0.4 is 14.2 Å². The Balaban J connectivity index is 1.90. The smallest absolute Gasteiger partial charge is 0.244 e. The number of benzene rings is 1. The van der Waals surface area contributed by atoms with E-state index in [9.17, 15) is 8.42 Å². The Morgan fingerprint density at radius 2 is 1.85 bits per heavy atom. The molecule has 0 aliphatic carbocycles. The van der Waals surface area contributed by atoms with Crippen molar-refractivity contribution in [2.45, 2.75) is 11.4 Å². The van der Waals surface area contributed by atoms with E-state index in [-0.39, 0.29) is 17.2 Å². The van der Waals surface area contributed by atoms with Gasteiger partial charge in [-0.1, -0.05) is 6.07 Å². The van der Waals surface area contributed by atoms with Crippen molar-refractivity contribution >= 4 is 10.0 Å². The lowest BCUT2D eigenvalue weighted by Gasteiger charge is -2.13. The summed E-state index contributed by atoms with van der Waals surface area (Å²) >= 11 is 0. The molecule has 140 valence electrons. The second-order valence-corrected chi connectivity index (χ2v) is 7.33. The van der Waals surface area contributed by atoms with Crippen LogP contribution in [0.25, 0.3) is 11.3 Å². The van der Waals surface area contributed by atoms with E-state index in [2.05, 4.69) is 14.7 Å². The van der Waals surface area contributed by atoms with E-state index in [1.54, 1.807) is 42.9 Å². The van der Waals surface area contributed by atoms with Gasteiger partial charge in [-0.25, -0.2) is 13.1 Å². The number of rotatable bonds is 7. The molecule has 8 heteroatoms. The molecule has 2 heterocycles. The first-order valence-electron chi connectivity index (χ1n) is 8.11. The zero-order valence-electron chi connectivity index (χ0n) is 14.9. The molecule has 0 fully saturated rings. The van der Waals surface area contributed by atoms with E-state index in [1.165, 1.54) is 20.3 Å². The first-order chi connectivity index (χ1) is 13.0. The third kappa shape index (κ3) is 4.24. The fourth-order valence-electron chi connectivity index (χ4n) is 2.59. The van der Waals surface area contributed by atoms with Crippen LogP contribution in [0.2, 0.25) is 0 Å². The lowest BCUT2D eigenvalue weighted by molar-refractivity contribution is 0.392. The molecule has 3 rings (SSSR count). The molecular weight excluding hydrogens is 366 g/mol. The molecule has 0 radical (unpaired) electrons. The van der Waals surface area contributed by atoms with Crippen LogP contribution in [0.4, 0.5) is 0 Å². The lowest BCUT2D eigenvalue weighted by Crippen LogP contribution is -2.24. The van der Waals surface area contributed by atoms with Crippen LogP contribution in [0.15, 0.2) is 66.0 Å². The fraction of sp³-hybridized carbons (Fsp3) is 0.158. The second-order valence-electron chi connectivity index (χ2n) is 5.59. The Hall–Kier alpha value is -2.97. The number of sulfonamides is 1. The van der Waals surface area contributed by atoms with Gasteiger partial charge in [-0.15, -0.1) is 0 Å². The summed E-state index contributed by atoms with van der Waals surface area (Å²) < 4.78 is 38.6. The molecular formula is C19H19N3O4S. The maximum absolute atomic E-state index is 12.8. The van der Waals surface area contributed by atoms with Gasteiger partial charge in [0.25, 0.3) is 0 Å². The van der Waals surface area contributed by atoms with Gasteiger partial charge in [0, 0.05) is 36.8 Å². The van der Waals surface area contributed by atoms with Gasteiger partial charge >= 0.3 is 0 Å². The van der Waals surface area contributed by atoms with Crippen molar-refractivity contribution in [3.8, 4) is 22.8 Å². The van der Waals surface area contributed by atoms with E-state index in [0.717, 1.165) is 11.1 Å². The molecule has 0 spiro atoms. The summed E-state index contributed by atoms with van der Waals surface area (Å²) in [5.41, 5.74) is 2.22. The number of nitrogens with one attached hydrogen (secondary N) is 1. The van der Waals surface area contributed by atoms with Crippen LogP contribution in [0.3, 0.4) is 0 Å². The minimum atomic E-state index is -3.83. The molecule has 1 N–H and O–H groups in total. The van der Waals surface area contributed by atoms with Crippen LogP contribution in [0.5, 0.6) is 11.5 Å². The van der Waals surface area contributed by atoms with Crippen LogP contribution in [-0.2, 0) is 16.6 Å². The highest BCUT2D eigenvalue weighted by Crippen LogP contribution is 2.28. The number of hydrogen-bond donors (Lipinski definition) is 1. The van der Waals surface area contributed by atoms with Gasteiger partial charge in [0.1, 0.15) is 16.4 Å². The van der Waals surface area contributed by atoms with Gasteiger partial charge in [-0.2, -0.15) is 0 Å². The van der Waals surface area contributed by atoms with Crippen molar-refractivity contribution in [3.63, 3.8) is 0 Å². The predicted molar refractivity (Wildman–Crippen MR) is 101 cm³/mol. The number of nitrogens with zero attached hydrogens (tertiary/aromatic N) is 2. The fourth-order valence-corrected chi connectivity index (χ4v) is 3.78. The average Bonchev–Trinajstić information content (AvgIpc) is 2.72. The van der Waals surface area contributed by atoms with Crippen LogP contribution in [0.1, 0.15) is 5.56 Å². The Bertz CT molecular complexity index is 1020. The highest BCUT2D eigenvalue weighted by Gasteiger charge is 2.21. The summed E-state index contributed by atoms with van der Waals surface area (Å²) in [7, 11) is -0.938. The van der Waals surface area contributed by atoms with E-state index < -0.39 is 10.0 Å². The monoisotopic (exact) mass is 385 g/mol. The summed E-state index contributed by atoms with van der Waals surface area (Å²) in [5.74, 6) is 0.663. The molecule has 0 amide bonds. The highest BCUT2D eigenvalue weighted by atomic mass is 32.2. The molecule has 0 aliphatic heterocycles. The van der Waals surface area contributed by atoms with Gasteiger partial charge in [0.15, 0.2) is 0 Å². The average molecular weight is 385 g/mol. The Morgan fingerprint density at radius 3 is 2.56 bits per heavy atom. The van der Waals surface area contributed by atoms with Gasteiger partial charge in [-0.3, -0.25) is 9.97 Å². The molecule has 0 saturated heterocycles. The van der Waals surface area contributed by atoms with E-state index >= 15 is 0 Å². The zero-order chi connectivity index (χ0) is 19.3. The number of methoxy groups -OCH3 is 2. The molecule has 0 unspecified atom stereocenters. The summed E-state index contributed by atoms with van der Waals surface area (Å²) in [6.07, 6.45) is 5.01. The first kappa shape index (κ1) is 18.8. The van der Waals surface area contributed by atoms with Gasteiger partial charge in [-0.05, 0) is 35.9 Å². The van der Waals surface area contributed by atoms with E-state index in [4.69, 9.17) is 9.47 Å². The van der Waals surface area contributed by atoms with Gasteiger partial charge < -0.3 is 9.47 Å². The summed E-state index contributed by atoms with van der Waals surface area (Å²) in [6, 6.07) is 11.9. The molecule has 0 atom stereocenters. The van der Waals surface area contributed by atoms with Gasteiger partial charge in [0.2, 0.25) is 10.0 Å². The van der Waals surface area contributed by atoms with E-state index in [0.29, 0.717) is 11.4 Å². The van der Waals surface area contributed by atoms with Crippen LogP contribution >= 0.6 is 0 Å². The third-order valence-corrected chi connectivity index (χ3v) is 5.36. The van der Waals surface area contributed by atoms with Crippen molar-refractivity contribution in [3.05, 3.63) is 66.6 Å². The van der Waals surface area contributed by atoms with Crippen LogP contribution in [0, 0.1) is 0 Å². The molecule has 7 nitrogen and oxygen atoms in total. The predicted octanol–water partition coefficient (Wildman–Crippen LogP) is 2.64. The lowest BCUT2D eigenvalue weighted by atomic mass is 10.1. The quantitative estimate of drug-likeness (QED) is 0.672. The molecule has 3 aromatic rings. The SMILES string of the molecule is COc1ccc(OC)c(S(=O)(=O)NCc2cccnc2-c2cccnc2)c1. The van der Waals surface area contributed by atoms with Crippen molar-refractivity contribution < 1.29 is 17.9 Å². The molecule has 0 saturated carbocycles. The Morgan fingerprint density at radius 1 is 1.04 bits per heavy atom. The second kappa shape index (κ2) is 8.15. The number of pyridine rings is 2. The third-order valence-electron chi connectivity index (χ3n) is 3.94. The topological polar surface area (TPSA) is 90.4 Å². The zero-order valence-corrected chi connectivity index (χ0v) is 15.7. The maximum Gasteiger partial charge on any atom is 0.244 e. The maximum atomic E-state index is 12.8. The molecule has 1 aromatic carbocycles. The van der Waals surface area contributed by atoms with Crippen molar-refractivity contribution in [1.29, 1.82) is 0 Å². The minimum absolute atomic E-state index is 0.0103. The summed E-state index contributed by atoms with van der Waals surface area (Å²) in [6.45, 7) is 0.0702. The molecule has 27 heavy (non-hydrogen) atoms. The van der Waals surface area contributed by atoms with Crippen molar-refractivity contribution in [2.75, 3.05) is 14.2 Å². The largest absolute Gasteiger partial charge is 0.497 e. The summed E-state index contributed by atoms with van der Waals surface area (Å²) in [5, 5.41) is 0. The Labute approximate surface area is 158 Å². The van der Waals surface area contributed by atoms with Crippen molar-refractivity contribution in [1.82, 2.24) is 14.7 Å². The molecule has 2 aromatic heterocycles. The number of aromatic nitrogens is 2. The first-order valence-corrected chi connectivity index (χ1v) is 9.59. The minimum Gasteiger partial charge on any atom is -0.497 e. The van der Waals surface area contributed by atoms with Gasteiger partial charge in [0.05, 0.1) is 19.9 Å². The number of ether oxygens (including phenoxy) is 2. The highest BCUT2D eigenvalue weighted by molar-refractivity contribution is 7.89. The molecule has 0 bridgehead atoms. The normalized spacial score (nSPS) is 11.2. The van der Waals surface area contributed by atoms with Crippen LogP contribution in [-0.4, -0.2) is 32.6 Å². The van der Waals surface area contributed by atoms with Crippen molar-refractivity contribution in [2.24, 2.45) is 0 Å². The van der Waals surface area contributed by atoms with E-state index in [1.807, 2.05) is 12.1 Å². The Kier molecular flexibility index (Phi) is 5.68. The molecule has 0 aliphatic rings. The standard InChI is InChI=1S/C19H19N3O4S/c1-25-16-7-8-17(26-2)18(11-16)27(23,24)22-13-15-6-4-10-21-19(15)14-5-3-9-20-12-14/h3-12,22H,13H2,1-2H3.